The maximum atomic E-state index is 13.2. The van der Waals surface area contributed by atoms with E-state index in [4.69, 9.17) is 4.74 Å². The van der Waals surface area contributed by atoms with Gasteiger partial charge in [-0.15, -0.1) is 0 Å². The number of anilines is 1. The number of hydrogen-bond acceptors (Lipinski definition) is 3. The Hall–Kier alpha value is -3.93. The number of nitrogens with one attached hydrogen (secondary N) is 2. The lowest BCUT2D eigenvalue weighted by Crippen LogP contribution is -2.30. The van der Waals surface area contributed by atoms with Crippen molar-refractivity contribution in [2.45, 2.75) is 6.92 Å². The van der Waals surface area contributed by atoms with Gasteiger partial charge in [0, 0.05) is 11.3 Å². The van der Waals surface area contributed by atoms with Gasteiger partial charge in [0.05, 0.1) is 6.61 Å². The molecular formula is C24H21FN2O3. The Bertz CT molecular complexity index is 1030. The van der Waals surface area contributed by atoms with Crippen LogP contribution >= 0.6 is 0 Å². The molecule has 0 aliphatic carbocycles. The Balaban J connectivity index is 1.83. The lowest BCUT2D eigenvalue weighted by Gasteiger charge is -2.12. The van der Waals surface area contributed by atoms with Gasteiger partial charge in [-0.3, -0.25) is 9.59 Å². The van der Waals surface area contributed by atoms with Crippen LogP contribution in [-0.2, 0) is 4.79 Å². The van der Waals surface area contributed by atoms with E-state index in [1.807, 2.05) is 6.92 Å². The zero-order valence-corrected chi connectivity index (χ0v) is 16.4. The van der Waals surface area contributed by atoms with Gasteiger partial charge in [-0.1, -0.05) is 30.3 Å². The molecule has 0 aromatic heterocycles. The Labute approximate surface area is 174 Å². The monoisotopic (exact) mass is 404 g/mol. The fourth-order valence-corrected chi connectivity index (χ4v) is 2.67. The van der Waals surface area contributed by atoms with Crippen molar-refractivity contribution in [1.29, 1.82) is 0 Å². The molecule has 0 aliphatic rings. The second-order valence-electron chi connectivity index (χ2n) is 6.34. The van der Waals surface area contributed by atoms with Crippen LogP contribution < -0.4 is 15.4 Å². The molecule has 0 saturated heterocycles. The molecule has 2 N–H and O–H groups in total. The summed E-state index contributed by atoms with van der Waals surface area (Å²) in [5.74, 6) is -0.630. The van der Waals surface area contributed by atoms with Crippen LogP contribution in [0.4, 0.5) is 10.1 Å². The van der Waals surface area contributed by atoms with Crippen molar-refractivity contribution >= 4 is 23.6 Å². The lowest BCUT2D eigenvalue weighted by atomic mass is 10.1. The molecular weight excluding hydrogens is 383 g/mol. The molecule has 5 nitrogen and oxygen atoms in total. The molecule has 0 bridgehead atoms. The van der Waals surface area contributed by atoms with Gasteiger partial charge in [-0.2, -0.15) is 0 Å². The molecule has 30 heavy (non-hydrogen) atoms. The molecule has 0 atom stereocenters. The van der Waals surface area contributed by atoms with E-state index in [9.17, 15) is 14.0 Å². The summed E-state index contributed by atoms with van der Waals surface area (Å²) in [6.07, 6.45) is 1.49. The topological polar surface area (TPSA) is 67.4 Å². The van der Waals surface area contributed by atoms with Crippen molar-refractivity contribution in [3.8, 4) is 5.75 Å². The van der Waals surface area contributed by atoms with Crippen LogP contribution in [0.2, 0.25) is 0 Å². The molecule has 0 unspecified atom stereocenters. The number of ether oxygens (including phenoxy) is 1. The van der Waals surface area contributed by atoms with Gasteiger partial charge in [0.1, 0.15) is 17.3 Å². The molecule has 0 saturated carbocycles. The number of amides is 2. The zero-order valence-electron chi connectivity index (χ0n) is 16.4. The zero-order chi connectivity index (χ0) is 21.3. The molecule has 0 radical (unpaired) electrons. The average Bonchev–Trinajstić information content (AvgIpc) is 2.77. The summed E-state index contributed by atoms with van der Waals surface area (Å²) >= 11 is 0. The first-order valence-corrected chi connectivity index (χ1v) is 9.43. The number of carbonyl (C=O) groups excluding carboxylic acids is 2. The summed E-state index contributed by atoms with van der Waals surface area (Å²) in [6.45, 7) is 2.43. The first kappa shape index (κ1) is 20.8. The third kappa shape index (κ3) is 5.78. The highest BCUT2D eigenvalue weighted by Gasteiger charge is 2.15. The quantitative estimate of drug-likeness (QED) is 0.564. The SMILES string of the molecule is CCOc1ccc(NC(=O)/C(=C/c2ccc(F)cc2)NC(=O)c2ccccc2)cc1. The molecule has 3 aromatic carbocycles. The first-order valence-electron chi connectivity index (χ1n) is 9.43. The summed E-state index contributed by atoms with van der Waals surface area (Å²) in [6, 6.07) is 21.1. The Morgan fingerprint density at radius 1 is 0.933 bits per heavy atom. The average molecular weight is 404 g/mol. The minimum absolute atomic E-state index is 0.0318. The largest absolute Gasteiger partial charge is 0.494 e. The minimum atomic E-state index is -0.507. The summed E-state index contributed by atoms with van der Waals surface area (Å²) in [4.78, 5) is 25.4. The normalized spacial score (nSPS) is 10.9. The predicted molar refractivity (Wildman–Crippen MR) is 115 cm³/mol. The van der Waals surface area contributed by atoms with Crippen LogP contribution in [0.1, 0.15) is 22.8 Å². The van der Waals surface area contributed by atoms with Gasteiger partial charge in [0.15, 0.2) is 0 Å². The molecule has 3 aromatic rings. The van der Waals surface area contributed by atoms with Crippen LogP contribution in [0, 0.1) is 5.82 Å². The highest BCUT2D eigenvalue weighted by molar-refractivity contribution is 6.10. The van der Waals surface area contributed by atoms with Crippen molar-refractivity contribution in [2.75, 3.05) is 11.9 Å². The summed E-state index contributed by atoms with van der Waals surface area (Å²) in [7, 11) is 0. The van der Waals surface area contributed by atoms with Gasteiger partial charge in [0.25, 0.3) is 11.8 Å². The van der Waals surface area contributed by atoms with Gasteiger partial charge in [-0.05, 0) is 67.1 Å². The number of carbonyl (C=O) groups is 2. The van der Waals surface area contributed by atoms with Crippen LogP contribution in [0.25, 0.3) is 6.08 Å². The van der Waals surface area contributed by atoms with E-state index in [2.05, 4.69) is 10.6 Å². The standard InChI is InChI=1S/C24H21FN2O3/c1-2-30-21-14-12-20(13-15-21)26-24(29)22(16-17-8-10-19(25)11-9-17)27-23(28)18-6-4-3-5-7-18/h3-16H,2H2,1H3,(H,26,29)(H,27,28)/b22-16-. The second-order valence-corrected chi connectivity index (χ2v) is 6.34. The Kier molecular flexibility index (Phi) is 6.95. The van der Waals surface area contributed by atoms with E-state index in [0.29, 0.717) is 29.2 Å². The second kappa shape index (κ2) is 10.0. The summed E-state index contributed by atoms with van der Waals surface area (Å²) in [5, 5.41) is 5.39. The first-order chi connectivity index (χ1) is 14.5. The minimum Gasteiger partial charge on any atom is -0.494 e. The highest BCUT2D eigenvalue weighted by atomic mass is 19.1. The molecule has 3 rings (SSSR count). The van der Waals surface area contributed by atoms with Crippen molar-refractivity contribution in [1.82, 2.24) is 5.32 Å². The highest BCUT2D eigenvalue weighted by Crippen LogP contribution is 2.17. The van der Waals surface area contributed by atoms with Gasteiger partial charge in [-0.25, -0.2) is 4.39 Å². The smallest absolute Gasteiger partial charge is 0.272 e. The fourth-order valence-electron chi connectivity index (χ4n) is 2.67. The maximum absolute atomic E-state index is 13.2. The van der Waals surface area contributed by atoms with Crippen molar-refractivity contribution < 1.29 is 18.7 Å². The van der Waals surface area contributed by atoms with E-state index >= 15 is 0 Å². The van der Waals surface area contributed by atoms with E-state index in [1.54, 1.807) is 54.6 Å². The molecule has 2 amide bonds. The van der Waals surface area contributed by atoms with E-state index in [-0.39, 0.29) is 11.5 Å². The number of halogens is 1. The molecule has 0 fully saturated rings. The maximum Gasteiger partial charge on any atom is 0.272 e. The molecule has 6 heteroatoms. The molecule has 0 heterocycles. The van der Waals surface area contributed by atoms with Crippen molar-refractivity contribution in [3.05, 3.63) is 102 Å². The lowest BCUT2D eigenvalue weighted by molar-refractivity contribution is -0.113. The third-order valence-corrected chi connectivity index (χ3v) is 4.13. The van der Waals surface area contributed by atoms with Crippen LogP contribution in [-0.4, -0.2) is 18.4 Å². The van der Waals surface area contributed by atoms with Crippen molar-refractivity contribution in [2.24, 2.45) is 0 Å². The molecule has 0 aliphatic heterocycles. The third-order valence-electron chi connectivity index (χ3n) is 4.13. The Morgan fingerprint density at radius 3 is 2.23 bits per heavy atom. The number of benzene rings is 3. The van der Waals surface area contributed by atoms with Gasteiger partial charge >= 0.3 is 0 Å². The summed E-state index contributed by atoms with van der Waals surface area (Å²) < 4.78 is 18.6. The molecule has 152 valence electrons. The Morgan fingerprint density at radius 2 is 1.60 bits per heavy atom. The number of hydrogen-bond donors (Lipinski definition) is 2. The van der Waals surface area contributed by atoms with Crippen molar-refractivity contribution in [3.63, 3.8) is 0 Å². The number of rotatable bonds is 7. The van der Waals surface area contributed by atoms with Crippen LogP contribution in [0.5, 0.6) is 5.75 Å². The molecule has 0 spiro atoms. The van der Waals surface area contributed by atoms with E-state index < -0.39 is 11.8 Å². The van der Waals surface area contributed by atoms with Crippen LogP contribution in [0.15, 0.2) is 84.6 Å². The van der Waals surface area contributed by atoms with E-state index in [1.165, 1.54) is 30.3 Å². The van der Waals surface area contributed by atoms with Gasteiger partial charge in [0.2, 0.25) is 0 Å². The van der Waals surface area contributed by atoms with Crippen LogP contribution in [0.3, 0.4) is 0 Å². The van der Waals surface area contributed by atoms with E-state index in [0.717, 1.165) is 0 Å². The predicted octanol–water partition coefficient (Wildman–Crippen LogP) is 4.63. The fraction of sp³-hybridized carbons (Fsp3) is 0.0833. The van der Waals surface area contributed by atoms with Gasteiger partial charge < -0.3 is 15.4 Å². The summed E-state index contributed by atoms with van der Waals surface area (Å²) in [5.41, 5.74) is 1.56.